The maximum atomic E-state index is 13.0. The van der Waals surface area contributed by atoms with Gasteiger partial charge in [-0.1, -0.05) is 23.5 Å². The monoisotopic (exact) mass is 384 g/mol. The highest BCUT2D eigenvalue weighted by molar-refractivity contribution is 7.16. The summed E-state index contributed by atoms with van der Waals surface area (Å²) in [5.74, 6) is -0.342. The second-order valence-corrected chi connectivity index (χ2v) is 6.76. The number of nitro groups is 1. The molecule has 0 atom stereocenters. The SMILES string of the molecule is CCn1c(=O)c(/C=C/c2ccc([N+](=O)[O-])s2)c(OC(C)=O)c2ccccc21. The van der Waals surface area contributed by atoms with Crippen molar-refractivity contribution >= 4 is 45.4 Å². The Morgan fingerprint density at radius 1 is 1.26 bits per heavy atom. The summed E-state index contributed by atoms with van der Waals surface area (Å²) in [6.45, 7) is 3.58. The lowest BCUT2D eigenvalue weighted by molar-refractivity contribution is -0.380. The molecule has 0 aliphatic heterocycles. The summed E-state index contributed by atoms with van der Waals surface area (Å²) >= 11 is 0.997. The molecule has 0 saturated heterocycles. The minimum atomic E-state index is -0.532. The second-order valence-electron chi connectivity index (χ2n) is 5.67. The Kier molecular flexibility index (Phi) is 5.18. The third-order valence-electron chi connectivity index (χ3n) is 3.93. The molecule has 0 N–H and O–H groups in total. The van der Waals surface area contributed by atoms with Gasteiger partial charge in [-0.25, -0.2) is 0 Å². The maximum absolute atomic E-state index is 13.0. The molecule has 1 aromatic carbocycles. The number of thiophene rings is 1. The van der Waals surface area contributed by atoms with E-state index in [2.05, 4.69) is 0 Å². The first-order valence-electron chi connectivity index (χ1n) is 8.18. The highest BCUT2D eigenvalue weighted by atomic mass is 32.1. The molecule has 3 rings (SSSR count). The molecule has 0 saturated carbocycles. The van der Waals surface area contributed by atoms with E-state index in [4.69, 9.17) is 4.74 Å². The number of nitrogens with zero attached hydrogens (tertiary/aromatic N) is 2. The fraction of sp³-hybridized carbons (Fsp3) is 0.158. The van der Waals surface area contributed by atoms with Crippen LogP contribution in [-0.2, 0) is 11.3 Å². The number of hydrogen-bond donors (Lipinski definition) is 0. The van der Waals surface area contributed by atoms with E-state index >= 15 is 0 Å². The number of aryl methyl sites for hydroxylation is 1. The normalized spacial score (nSPS) is 11.2. The fourth-order valence-corrected chi connectivity index (χ4v) is 3.53. The van der Waals surface area contributed by atoms with Crippen LogP contribution in [0.2, 0.25) is 0 Å². The largest absolute Gasteiger partial charge is 0.425 e. The zero-order valence-corrected chi connectivity index (χ0v) is 15.5. The van der Waals surface area contributed by atoms with Crippen molar-refractivity contribution in [3.63, 3.8) is 0 Å². The van der Waals surface area contributed by atoms with Crippen molar-refractivity contribution in [2.45, 2.75) is 20.4 Å². The van der Waals surface area contributed by atoms with Crippen LogP contribution < -0.4 is 10.3 Å². The molecule has 0 aliphatic carbocycles. The molecule has 2 aromatic heterocycles. The van der Waals surface area contributed by atoms with Crippen LogP contribution in [0, 0.1) is 10.1 Å². The van der Waals surface area contributed by atoms with Gasteiger partial charge in [0.05, 0.1) is 16.0 Å². The molecule has 138 valence electrons. The van der Waals surface area contributed by atoms with Gasteiger partial charge in [0.15, 0.2) is 5.75 Å². The minimum Gasteiger partial charge on any atom is -0.425 e. The Hall–Kier alpha value is -3.26. The van der Waals surface area contributed by atoms with Crippen LogP contribution in [0.3, 0.4) is 0 Å². The average molecular weight is 384 g/mol. The summed E-state index contributed by atoms with van der Waals surface area (Å²) < 4.78 is 6.96. The Balaban J connectivity index is 2.21. The number of esters is 1. The molecule has 0 bridgehead atoms. The van der Waals surface area contributed by atoms with Crippen LogP contribution in [0.15, 0.2) is 41.2 Å². The van der Waals surface area contributed by atoms with Crippen LogP contribution in [0.25, 0.3) is 23.1 Å². The first-order chi connectivity index (χ1) is 12.9. The van der Waals surface area contributed by atoms with Gasteiger partial charge in [-0.2, -0.15) is 0 Å². The van der Waals surface area contributed by atoms with Gasteiger partial charge in [-0.05, 0) is 37.3 Å². The number of pyridine rings is 1. The van der Waals surface area contributed by atoms with Crippen LogP contribution in [-0.4, -0.2) is 15.5 Å². The molecular formula is C19H16N2O5S. The highest BCUT2D eigenvalue weighted by Gasteiger charge is 2.17. The van der Waals surface area contributed by atoms with Crippen molar-refractivity contribution in [1.29, 1.82) is 0 Å². The predicted molar refractivity (Wildman–Crippen MR) is 105 cm³/mol. The quantitative estimate of drug-likeness (QED) is 0.375. The van der Waals surface area contributed by atoms with Gasteiger partial charge < -0.3 is 9.30 Å². The molecule has 0 spiro atoms. The van der Waals surface area contributed by atoms with Crippen LogP contribution >= 0.6 is 11.3 Å². The standard InChI is InChI=1S/C19H16N2O5S/c1-3-20-16-7-5-4-6-14(16)18(26-12(2)22)15(19(20)23)10-8-13-9-11-17(27-13)21(24)25/h4-11H,3H2,1-2H3/b10-8+. The number of rotatable bonds is 5. The predicted octanol–water partition coefficient (Wildman–Crippen LogP) is 4.09. The van der Waals surface area contributed by atoms with Crippen LogP contribution in [0.5, 0.6) is 5.75 Å². The average Bonchev–Trinajstić information content (AvgIpc) is 3.10. The van der Waals surface area contributed by atoms with Crippen molar-refractivity contribution < 1.29 is 14.5 Å². The summed E-state index contributed by atoms with van der Waals surface area (Å²) in [6, 6.07) is 10.2. The molecule has 8 heteroatoms. The van der Waals surface area contributed by atoms with Crippen LogP contribution in [0.1, 0.15) is 24.3 Å². The number of ether oxygens (including phenoxy) is 1. The molecule has 0 aliphatic rings. The van der Waals surface area contributed by atoms with E-state index in [9.17, 15) is 19.7 Å². The zero-order chi connectivity index (χ0) is 19.6. The summed E-state index contributed by atoms with van der Waals surface area (Å²) in [4.78, 5) is 35.5. The lowest BCUT2D eigenvalue weighted by Crippen LogP contribution is -2.23. The number of para-hydroxylation sites is 1. The Morgan fingerprint density at radius 3 is 2.63 bits per heavy atom. The van der Waals surface area contributed by atoms with E-state index in [-0.39, 0.29) is 21.9 Å². The van der Waals surface area contributed by atoms with Crippen molar-refractivity contribution in [3.05, 3.63) is 67.3 Å². The van der Waals surface area contributed by atoms with Crippen LogP contribution in [0.4, 0.5) is 5.00 Å². The fourth-order valence-electron chi connectivity index (χ4n) is 2.81. The Morgan fingerprint density at radius 2 is 2.00 bits per heavy atom. The summed E-state index contributed by atoms with van der Waals surface area (Å²) in [5.41, 5.74) is 0.599. The number of carbonyl (C=O) groups excluding carboxylic acids is 1. The molecule has 2 heterocycles. The molecule has 3 aromatic rings. The van der Waals surface area contributed by atoms with E-state index in [1.54, 1.807) is 34.9 Å². The molecule has 27 heavy (non-hydrogen) atoms. The molecule has 7 nitrogen and oxygen atoms in total. The van der Waals surface area contributed by atoms with E-state index in [0.717, 1.165) is 11.3 Å². The lowest BCUT2D eigenvalue weighted by Gasteiger charge is -2.14. The first kappa shape index (κ1) is 18.5. The highest BCUT2D eigenvalue weighted by Crippen LogP contribution is 2.30. The molecule has 0 radical (unpaired) electrons. The van der Waals surface area contributed by atoms with E-state index < -0.39 is 10.9 Å². The number of hydrogen-bond acceptors (Lipinski definition) is 6. The summed E-state index contributed by atoms with van der Waals surface area (Å²) in [6.07, 6.45) is 3.14. The topological polar surface area (TPSA) is 91.4 Å². The molecule has 0 amide bonds. The van der Waals surface area contributed by atoms with E-state index in [0.29, 0.717) is 22.3 Å². The Bertz CT molecular complexity index is 1130. The number of benzene rings is 1. The third-order valence-corrected chi connectivity index (χ3v) is 4.93. The van der Waals surface area contributed by atoms with Gasteiger partial charge in [0.2, 0.25) is 0 Å². The summed E-state index contributed by atoms with van der Waals surface area (Å²) in [7, 11) is 0. The van der Waals surface area contributed by atoms with Gasteiger partial charge in [0.25, 0.3) is 5.56 Å². The van der Waals surface area contributed by atoms with Crippen molar-refractivity contribution in [2.75, 3.05) is 0 Å². The van der Waals surface area contributed by atoms with Crippen molar-refractivity contribution in [1.82, 2.24) is 4.57 Å². The molecular weight excluding hydrogens is 368 g/mol. The minimum absolute atomic E-state index is 0.0133. The second kappa shape index (κ2) is 7.55. The Labute approximate surface area is 158 Å². The lowest BCUT2D eigenvalue weighted by atomic mass is 10.1. The van der Waals surface area contributed by atoms with E-state index in [1.165, 1.54) is 19.1 Å². The van der Waals surface area contributed by atoms with Crippen molar-refractivity contribution in [3.8, 4) is 5.75 Å². The van der Waals surface area contributed by atoms with E-state index in [1.807, 2.05) is 13.0 Å². The molecule has 0 unspecified atom stereocenters. The van der Waals surface area contributed by atoms with Gasteiger partial charge in [0.1, 0.15) is 0 Å². The van der Waals surface area contributed by atoms with Gasteiger partial charge in [-0.3, -0.25) is 19.7 Å². The first-order valence-corrected chi connectivity index (χ1v) is 9.00. The maximum Gasteiger partial charge on any atom is 0.324 e. The molecule has 0 fully saturated rings. The van der Waals surface area contributed by atoms with Crippen molar-refractivity contribution in [2.24, 2.45) is 0 Å². The zero-order valence-electron chi connectivity index (χ0n) is 14.7. The van der Waals surface area contributed by atoms with Gasteiger partial charge in [0, 0.05) is 29.8 Å². The van der Waals surface area contributed by atoms with Gasteiger partial charge in [-0.15, -0.1) is 0 Å². The number of carbonyl (C=O) groups is 1. The van der Waals surface area contributed by atoms with Gasteiger partial charge >= 0.3 is 11.0 Å². The smallest absolute Gasteiger partial charge is 0.324 e. The summed E-state index contributed by atoms with van der Waals surface area (Å²) in [5, 5.41) is 11.5. The third kappa shape index (κ3) is 3.65. The number of aromatic nitrogens is 1. The number of fused-ring (bicyclic) bond motifs is 1.